The first-order valence-electron chi connectivity index (χ1n) is 20.4. The van der Waals surface area contributed by atoms with Crippen LogP contribution in [0.2, 0.25) is 0 Å². The molecular formula is C56H37NOS. The minimum atomic E-state index is 0.0927. The van der Waals surface area contributed by atoms with Crippen molar-refractivity contribution in [3.8, 4) is 22.3 Å². The maximum absolute atomic E-state index is 6.29. The van der Waals surface area contributed by atoms with Gasteiger partial charge in [0.2, 0.25) is 0 Å². The third-order valence-corrected chi connectivity index (χ3v) is 13.4. The van der Waals surface area contributed by atoms with E-state index in [1.165, 1.54) is 80.9 Å². The molecular weight excluding hydrogens is 735 g/mol. The molecule has 0 radical (unpaired) electrons. The van der Waals surface area contributed by atoms with Crippen molar-refractivity contribution >= 4 is 86.4 Å². The zero-order valence-electron chi connectivity index (χ0n) is 32.2. The lowest BCUT2D eigenvalue weighted by atomic mass is 9.82. The minimum Gasteiger partial charge on any atom is -0.456 e. The molecule has 59 heavy (non-hydrogen) atoms. The topological polar surface area (TPSA) is 16.4 Å². The predicted octanol–water partition coefficient (Wildman–Crippen LogP) is 16.4. The summed E-state index contributed by atoms with van der Waals surface area (Å²) in [5.41, 5.74) is 11.7. The minimum absolute atomic E-state index is 0.0927. The number of benzene rings is 9. The van der Waals surface area contributed by atoms with E-state index in [1.807, 2.05) is 17.4 Å². The lowest BCUT2D eigenvalue weighted by Gasteiger charge is -2.35. The monoisotopic (exact) mass is 771 g/mol. The first-order valence-corrected chi connectivity index (χ1v) is 21.2. The molecule has 2 aromatic heterocycles. The summed E-state index contributed by atoms with van der Waals surface area (Å²) in [5.74, 6) is 0.0927. The molecule has 0 spiro atoms. The quantitative estimate of drug-likeness (QED) is 0.157. The Morgan fingerprint density at radius 3 is 2.12 bits per heavy atom. The second kappa shape index (κ2) is 13.7. The molecule has 0 fully saturated rings. The molecule has 0 bridgehead atoms. The lowest BCUT2D eigenvalue weighted by molar-refractivity contribution is 0.669. The van der Waals surface area contributed by atoms with E-state index in [0.29, 0.717) is 0 Å². The van der Waals surface area contributed by atoms with Gasteiger partial charge in [-0.15, -0.1) is 11.3 Å². The number of para-hydroxylation sites is 1. The van der Waals surface area contributed by atoms with Gasteiger partial charge in [0.1, 0.15) is 11.2 Å². The average molecular weight is 772 g/mol. The van der Waals surface area contributed by atoms with E-state index < -0.39 is 0 Å². The number of hydrogen-bond acceptors (Lipinski definition) is 3. The van der Waals surface area contributed by atoms with Gasteiger partial charge in [-0.3, -0.25) is 0 Å². The van der Waals surface area contributed by atoms with Gasteiger partial charge in [-0.2, -0.15) is 0 Å². The summed E-state index contributed by atoms with van der Waals surface area (Å²) in [6.07, 6.45) is 7.83. The molecule has 1 unspecified atom stereocenters. The summed E-state index contributed by atoms with van der Waals surface area (Å²) < 4.78 is 8.88. The zero-order chi connectivity index (χ0) is 38.9. The third-order valence-electron chi connectivity index (χ3n) is 12.2. The molecule has 11 aromatic rings. The molecule has 12 rings (SSSR count). The fourth-order valence-corrected chi connectivity index (χ4v) is 10.7. The van der Waals surface area contributed by atoms with Crippen LogP contribution in [0, 0.1) is 0 Å². The summed E-state index contributed by atoms with van der Waals surface area (Å²) in [6.45, 7) is 0. The molecule has 3 heteroatoms. The van der Waals surface area contributed by atoms with Crippen molar-refractivity contribution in [1.29, 1.82) is 0 Å². The highest BCUT2D eigenvalue weighted by atomic mass is 32.1. The number of allylic oxidation sites excluding steroid dienone is 4. The highest BCUT2D eigenvalue weighted by molar-refractivity contribution is 7.26. The highest BCUT2D eigenvalue weighted by Gasteiger charge is 2.29. The molecule has 0 amide bonds. The van der Waals surface area contributed by atoms with E-state index >= 15 is 0 Å². The van der Waals surface area contributed by atoms with E-state index in [0.717, 1.165) is 34.0 Å². The number of rotatable bonds is 6. The second-order valence-electron chi connectivity index (χ2n) is 15.5. The molecule has 0 saturated carbocycles. The summed E-state index contributed by atoms with van der Waals surface area (Å²) in [6, 6.07) is 68.8. The van der Waals surface area contributed by atoms with Gasteiger partial charge >= 0.3 is 0 Å². The Bertz CT molecular complexity index is 3490. The summed E-state index contributed by atoms with van der Waals surface area (Å²) in [5, 5.41) is 9.72. The van der Waals surface area contributed by atoms with Gasteiger partial charge in [0.15, 0.2) is 0 Å². The molecule has 1 aliphatic carbocycles. The fourth-order valence-electron chi connectivity index (χ4n) is 9.55. The van der Waals surface area contributed by atoms with Crippen LogP contribution in [-0.2, 0) is 0 Å². The van der Waals surface area contributed by atoms with Gasteiger partial charge in [0.25, 0.3) is 0 Å². The van der Waals surface area contributed by atoms with Crippen LogP contribution in [0.3, 0.4) is 0 Å². The first kappa shape index (κ1) is 33.9. The van der Waals surface area contributed by atoms with Gasteiger partial charge in [-0.05, 0) is 110 Å². The van der Waals surface area contributed by atoms with Crippen LogP contribution in [0.4, 0.5) is 11.4 Å². The van der Waals surface area contributed by atoms with Gasteiger partial charge in [-0.25, -0.2) is 0 Å². The van der Waals surface area contributed by atoms with Crippen LogP contribution in [0.15, 0.2) is 216 Å². The van der Waals surface area contributed by atoms with Crippen LogP contribution in [0.25, 0.3) is 85.9 Å². The Morgan fingerprint density at radius 2 is 1.22 bits per heavy atom. The maximum atomic E-state index is 6.29. The Hall–Kier alpha value is -7.20. The van der Waals surface area contributed by atoms with E-state index in [-0.39, 0.29) is 5.92 Å². The van der Waals surface area contributed by atoms with Gasteiger partial charge < -0.3 is 9.32 Å². The predicted molar refractivity (Wildman–Crippen MR) is 252 cm³/mol. The summed E-state index contributed by atoms with van der Waals surface area (Å²) >= 11 is 1.87. The SMILES string of the molecule is C1=CCC(c2ccccc2-c2ccccc2-c2ccccc2)C(N(c2ccc3c(ccc4cc5oc6ccccc6c5cc43)c2)c2cccc3sc4ccccc4c23)=C1. The van der Waals surface area contributed by atoms with E-state index in [1.54, 1.807) is 0 Å². The van der Waals surface area contributed by atoms with Gasteiger partial charge in [0, 0.05) is 48.2 Å². The van der Waals surface area contributed by atoms with E-state index in [9.17, 15) is 0 Å². The summed E-state index contributed by atoms with van der Waals surface area (Å²) in [7, 11) is 0. The lowest BCUT2D eigenvalue weighted by Crippen LogP contribution is -2.23. The van der Waals surface area contributed by atoms with E-state index in [4.69, 9.17) is 4.42 Å². The largest absolute Gasteiger partial charge is 0.456 e. The Balaban J connectivity index is 1.08. The van der Waals surface area contributed by atoms with Gasteiger partial charge in [-0.1, -0.05) is 152 Å². The van der Waals surface area contributed by atoms with Crippen molar-refractivity contribution in [3.05, 3.63) is 218 Å². The number of nitrogens with zero attached hydrogens (tertiary/aromatic N) is 1. The molecule has 9 aromatic carbocycles. The summed E-state index contributed by atoms with van der Waals surface area (Å²) in [4.78, 5) is 2.56. The third kappa shape index (κ3) is 5.54. The van der Waals surface area contributed by atoms with E-state index in [2.05, 4.69) is 205 Å². The van der Waals surface area contributed by atoms with Crippen LogP contribution < -0.4 is 4.90 Å². The number of furan rings is 1. The maximum Gasteiger partial charge on any atom is 0.136 e. The molecule has 0 N–H and O–H groups in total. The number of thiophene rings is 1. The van der Waals surface area contributed by atoms with Crippen molar-refractivity contribution in [3.63, 3.8) is 0 Å². The Labute approximate surface area is 346 Å². The standard InChI is InChI=1S/C56H37NOS/c1-2-15-36(16-3-1)40-17-4-5-18-42(40)43-19-6-7-20-44(43)45-21-8-11-24-50(45)57(51-25-14-28-55-56(51)47-23-10-13-27-54(47)59-55)39-31-32-41-37(33-39)29-30-38-34-53-49(35-48(38)41)46-22-9-12-26-52(46)58-53/h1-20,22-35,45H,21H2. The Morgan fingerprint density at radius 1 is 0.492 bits per heavy atom. The van der Waals surface area contributed by atoms with Crippen molar-refractivity contribution < 1.29 is 4.42 Å². The van der Waals surface area contributed by atoms with Crippen molar-refractivity contribution in [2.45, 2.75) is 12.3 Å². The number of hydrogen-bond donors (Lipinski definition) is 0. The first-order chi connectivity index (χ1) is 29.3. The van der Waals surface area contributed by atoms with Crippen LogP contribution in [-0.4, -0.2) is 0 Å². The molecule has 2 nitrogen and oxygen atoms in total. The number of anilines is 2. The smallest absolute Gasteiger partial charge is 0.136 e. The molecule has 2 heterocycles. The van der Waals surface area contributed by atoms with Crippen LogP contribution in [0.5, 0.6) is 0 Å². The average Bonchev–Trinajstić information content (AvgIpc) is 3.87. The van der Waals surface area contributed by atoms with Crippen molar-refractivity contribution in [2.75, 3.05) is 4.90 Å². The normalized spacial score (nSPS) is 14.2. The molecule has 1 aliphatic rings. The fraction of sp³-hybridized carbons (Fsp3) is 0.0357. The van der Waals surface area contributed by atoms with Crippen LogP contribution in [0.1, 0.15) is 17.9 Å². The highest BCUT2D eigenvalue weighted by Crippen LogP contribution is 2.49. The molecule has 278 valence electrons. The molecule has 1 atom stereocenters. The van der Waals surface area contributed by atoms with Crippen molar-refractivity contribution in [1.82, 2.24) is 0 Å². The van der Waals surface area contributed by atoms with Crippen LogP contribution >= 0.6 is 11.3 Å². The molecule has 0 saturated heterocycles. The second-order valence-corrected chi connectivity index (χ2v) is 16.6. The van der Waals surface area contributed by atoms with Gasteiger partial charge in [0.05, 0.1) is 5.69 Å². The zero-order valence-corrected chi connectivity index (χ0v) is 33.0. The number of fused-ring (bicyclic) bond motifs is 9. The Kier molecular flexibility index (Phi) is 7.89. The van der Waals surface area contributed by atoms with Crippen molar-refractivity contribution in [2.24, 2.45) is 0 Å². The molecule has 0 aliphatic heterocycles.